The maximum Gasteiger partial charge on any atom is 0.243 e. The van der Waals surface area contributed by atoms with Gasteiger partial charge in [0.25, 0.3) is 0 Å². The number of hydrogen-bond donors (Lipinski definition) is 0. The molecule has 1 aliphatic rings. The third-order valence-electron chi connectivity index (χ3n) is 6.35. The highest BCUT2D eigenvalue weighted by molar-refractivity contribution is 7.89. The van der Waals surface area contributed by atoms with Crippen molar-refractivity contribution in [1.82, 2.24) is 14.3 Å². The van der Waals surface area contributed by atoms with E-state index in [1.54, 1.807) is 29.4 Å². The molecule has 0 saturated carbocycles. The Labute approximate surface area is 219 Å². The van der Waals surface area contributed by atoms with Crippen LogP contribution in [0.4, 0.5) is 5.13 Å². The van der Waals surface area contributed by atoms with E-state index < -0.39 is 10.0 Å². The second-order valence-electron chi connectivity index (χ2n) is 8.89. The highest BCUT2D eigenvalue weighted by Gasteiger charge is 2.35. The van der Waals surface area contributed by atoms with Crippen LogP contribution in [0.5, 0.6) is 0 Å². The topological polar surface area (TPSA) is 83.5 Å². The smallest absolute Gasteiger partial charge is 0.243 e. The van der Waals surface area contributed by atoms with Crippen molar-refractivity contribution >= 4 is 54.2 Å². The number of carbonyl (C=O) groups is 1. The number of carbonyl (C=O) groups excluding carboxylic acids is 1. The lowest BCUT2D eigenvalue weighted by atomic mass is 9.96. The number of anilines is 1. The number of aryl methyl sites for hydroxylation is 1. The quantitative estimate of drug-likeness (QED) is 0.332. The average Bonchev–Trinajstić information content (AvgIpc) is 3.31. The van der Waals surface area contributed by atoms with Crippen LogP contribution >= 0.6 is 22.9 Å². The SMILES string of the molecule is Cc1ccc2nc(N(Cc3cccnc3)C(=O)C3CCN(S(=O)(=O)c4ccc(Cl)cc4)CC3)sc2c1. The van der Waals surface area contributed by atoms with Gasteiger partial charge in [0, 0.05) is 36.4 Å². The molecular weight excluding hydrogens is 516 g/mol. The highest BCUT2D eigenvalue weighted by Crippen LogP contribution is 2.33. The molecule has 3 heterocycles. The predicted molar refractivity (Wildman–Crippen MR) is 143 cm³/mol. The van der Waals surface area contributed by atoms with E-state index >= 15 is 0 Å². The third kappa shape index (κ3) is 5.15. The number of pyridine rings is 1. The summed E-state index contributed by atoms with van der Waals surface area (Å²) in [5.41, 5.74) is 2.90. The summed E-state index contributed by atoms with van der Waals surface area (Å²) in [6.07, 6.45) is 4.34. The van der Waals surface area contributed by atoms with Crippen molar-refractivity contribution in [2.45, 2.75) is 31.2 Å². The van der Waals surface area contributed by atoms with E-state index in [-0.39, 0.29) is 29.8 Å². The molecule has 36 heavy (non-hydrogen) atoms. The van der Waals surface area contributed by atoms with Crippen LogP contribution in [0.3, 0.4) is 0 Å². The fourth-order valence-electron chi connectivity index (χ4n) is 4.37. The number of halogens is 1. The number of benzene rings is 2. The van der Waals surface area contributed by atoms with Gasteiger partial charge >= 0.3 is 0 Å². The van der Waals surface area contributed by atoms with Crippen LogP contribution in [0.25, 0.3) is 10.2 Å². The Morgan fingerprint density at radius 2 is 1.89 bits per heavy atom. The summed E-state index contributed by atoms with van der Waals surface area (Å²) < 4.78 is 28.6. The molecule has 10 heteroatoms. The fraction of sp³-hybridized carbons (Fsp3) is 0.269. The third-order valence-corrected chi connectivity index (χ3v) is 9.55. The zero-order valence-electron chi connectivity index (χ0n) is 19.7. The molecule has 0 aliphatic carbocycles. The first-order valence-corrected chi connectivity index (χ1v) is 14.3. The number of aromatic nitrogens is 2. The minimum absolute atomic E-state index is 0.0434. The monoisotopic (exact) mass is 540 g/mol. The number of thiazole rings is 1. The lowest BCUT2D eigenvalue weighted by Gasteiger charge is -2.33. The minimum atomic E-state index is -3.64. The van der Waals surface area contributed by atoms with Crippen molar-refractivity contribution in [2.24, 2.45) is 5.92 Å². The van der Waals surface area contributed by atoms with Gasteiger partial charge in [-0.1, -0.05) is 35.1 Å². The number of sulfonamides is 1. The number of fused-ring (bicyclic) bond motifs is 1. The molecule has 0 unspecified atom stereocenters. The predicted octanol–water partition coefficient (Wildman–Crippen LogP) is 5.29. The lowest BCUT2D eigenvalue weighted by Crippen LogP contribution is -2.44. The van der Waals surface area contributed by atoms with Crippen LogP contribution in [0.1, 0.15) is 24.0 Å². The molecule has 5 rings (SSSR count). The van der Waals surface area contributed by atoms with Crippen LogP contribution in [0.15, 0.2) is 71.9 Å². The molecule has 0 bridgehead atoms. The van der Waals surface area contributed by atoms with Gasteiger partial charge in [0.05, 0.1) is 21.7 Å². The summed E-state index contributed by atoms with van der Waals surface area (Å²) in [6.45, 7) is 2.94. The Morgan fingerprint density at radius 3 is 2.58 bits per heavy atom. The number of nitrogens with zero attached hydrogens (tertiary/aromatic N) is 4. The normalized spacial score (nSPS) is 15.3. The Balaban J connectivity index is 1.37. The highest BCUT2D eigenvalue weighted by atomic mass is 35.5. The molecule has 0 spiro atoms. The van der Waals surface area contributed by atoms with Crippen molar-refractivity contribution in [2.75, 3.05) is 18.0 Å². The van der Waals surface area contributed by atoms with Crippen LogP contribution < -0.4 is 4.90 Å². The Morgan fingerprint density at radius 1 is 1.14 bits per heavy atom. The molecule has 0 atom stereocenters. The van der Waals surface area contributed by atoms with E-state index in [1.165, 1.54) is 27.8 Å². The number of amides is 1. The Hall–Kier alpha value is -2.85. The summed E-state index contributed by atoms with van der Waals surface area (Å²) in [5, 5.41) is 1.12. The van der Waals surface area contributed by atoms with Crippen LogP contribution in [0.2, 0.25) is 5.02 Å². The first-order chi connectivity index (χ1) is 17.3. The van der Waals surface area contributed by atoms with Gasteiger partial charge in [0.15, 0.2) is 5.13 Å². The first kappa shape index (κ1) is 24.8. The molecule has 1 saturated heterocycles. The lowest BCUT2D eigenvalue weighted by molar-refractivity contribution is -0.123. The number of piperidine rings is 1. The van der Waals surface area contributed by atoms with Gasteiger partial charge in [-0.15, -0.1) is 0 Å². The van der Waals surface area contributed by atoms with Crippen molar-refractivity contribution < 1.29 is 13.2 Å². The van der Waals surface area contributed by atoms with Gasteiger partial charge in [0.2, 0.25) is 15.9 Å². The molecule has 0 radical (unpaired) electrons. The second-order valence-corrected chi connectivity index (χ2v) is 12.3. The summed E-state index contributed by atoms with van der Waals surface area (Å²) in [7, 11) is -3.64. The first-order valence-electron chi connectivity index (χ1n) is 11.6. The molecule has 0 N–H and O–H groups in total. The Kier molecular flexibility index (Phi) is 7.07. The Bertz CT molecular complexity index is 1480. The molecule has 2 aromatic carbocycles. The second kappa shape index (κ2) is 10.3. The van der Waals surface area contributed by atoms with Gasteiger partial charge in [0.1, 0.15) is 0 Å². The van der Waals surface area contributed by atoms with E-state index in [9.17, 15) is 13.2 Å². The van der Waals surface area contributed by atoms with E-state index in [0.717, 1.165) is 21.3 Å². The molecule has 1 fully saturated rings. The standard InChI is InChI=1S/C26H25ClN4O3S2/c1-18-4-9-23-24(15-18)35-26(29-23)31(17-19-3-2-12-28-16-19)25(32)20-10-13-30(14-11-20)36(33,34)22-7-5-21(27)6-8-22/h2-9,12,15-16,20H,10-11,13-14,17H2,1H3. The van der Waals surface area contributed by atoms with Gasteiger partial charge in [-0.25, -0.2) is 13.4 Å². The largest absolute Gasteiger partial charge is 0.283 e. The summed E-state index contributed by atoms with van der Waals surface area (Å²) in [4.78, 5) is 24.7. The molecule has 1 amide bonds. The number of rotatable bonds is 6. The molecule has 1 aliphatic heterocycles. The summed E-state index contributed by atoms with van der Waals surface area (Å²) in [6, 6.07) is 16.0. The van der Waals surface area contributed by atoms with Crippen LogP contribution in [-0.4, -0.2) is 41.7 Å². The van der Waals surface area contributed by atoms with Gasteiger partial charge < -0.3 is 0 Å². The van der Waals surface area contributed by atoms with E-state index in [0.29, 0.717) is 29.5 Å². The maximum atomic E-state index is 13.8. The van der Waals surface area contributed by atoms with E-state index in [1.807, 2.05) is 31.2 Å². The zero-order chi connectivity index (χ0) is 25.3. The molecule has 186 valence electrons. The van der Waals surface area contributed by atoms with Gasteiger partial charge in [-0.2, -0.15) is 4.31 Å². The van der Waals surface area contributed by atoms with Crippen molar-refractivity contribution in [3.63, 3.8) is 0 Å². The molecular formula is C26H25ClN4O3S2. The van der Waals surface area contributed by atoms with E-state index in [2.05, 4.69) is 11.1 Å². The minimum Gasteiger partial charge on any atom is -0.283 e. The number of hydrogen-bond acceptors (Lipinski definition) is 6. The van der Waals surface area contributed by atoms with Crippen LogP contribution in [0, 0.1) is 12.8 Å². The maximum absolute atomic E-state index is 13.8. The summed E-state index contributed by atoms with van der Waals surface area (Å²) in [5.74, 6) is -0.342. The van der Waals surface area contributed by atoms with Crippen molar-refractivity contribution in [3.8, 4) is 0 Å². The van der Waals surface area contributed by atoms with Crippen molar-refractivity contribution in [1.29, 1.82) is 0 Å². The van der Waals surface area contributed by atoms with E-state index in [4.69, 9.17) is 16.6 Å². The van der Waals surface area contributed by atoms with Crippen LogP contribution in [-0.2, 0) is 21.4 Å². The fourth-order valence-corrected chi connectivity index (χ4v) is 7.03. The molecule has 7 nitrogen and oxygen atoms in total. The summed E-state index contributed by atoms with van der Waals surface area (Å²) >= 11 is 7.41. The average molecular weight is 541 g/mol. The van der Waals surface area contributed by atoms with Crippen molar-refractivity contribution in [3.05, 3.63) is 83.1 Å². The molecule has 4 aromatic rings. The zero-order valence-corrected chi connectivity index (χ0v) is 22.1. The molecule has 2 aromatic heterocycles. The van der Waals surface area contributed by atoms with Gasteiger partial charge in [-0.3, -0.25) is 14.7 Å². The van der Waals surface area contributed by atoms with Gasteiger partial charge in [-0.05, 0) is 73.4 Å².